The van der Waals surface area contributed by atoms with Crippen molar-refractivity contribution in [1.82, 2.24) is 0 Å². The average Bonchev–Trinajstić information content (AvgIpc) is 1.59. The van der Waals surface area contributed by atoms with Gasteiger partial charge in [-0.05, 0) is 370 Å². The molecular weight excluding hydrogens is 3080 g/mol. The molecule has 20 heteroatoms. The van der Waals surface area contributed by atoms with Gasteiger partial charge in [0, 0.05) is 654 Å². The van der Waals surface area contributed by atoms with Crippen LogP contribution in [0.25, 0.3) is 89.0 Å². The van der Waals surface area contributed by atoms with E-state index in [2.05, 4.69) is 253 Å². The summed E-state index contributed by atoms with van der Waals surface area (Å²) in [7, 11) is 0. The van der Waals surface area contributed by atoms with E-state index in [1.165, 1.54) is 223 Å². The molecule has 0 nitrogen and oxygen atoms in total. The third-order valence-corrected chi connectivity index (χ3v) is 22.6. The van der Waals surface area contributed by atoms with Crippen molar-refractivity contribution in [2.24, 2.45) is 0 Å². The van der Waals surface area contributed by atoms with Crippen molar-refractivity contribution in [2.45, 2.75) is 190 Å². The van der Waals surface area contributed by atoms with Gasteiger partial charge in [-0.15, -0.1) is 0 Å². The van der Waals surface area contributed by atoms with Crippen LogP contribution in [0.5, 0.6) is 0 Å². The maximum absolute atomic E-state index is 2.47. The smallest absolute Gasteiger partial charge is 0 e. The second-order valence-electron chi connectivity index (χ2n) is 28.9. The predicted octanol–water partition coefficient (Wildman–Crippen LogP) is 30.7. The zero-order valence-electron chi connectivity index (χ0n) is 83.4. The van der Waals surface area contributed by atoms with Crippen molar-refractivity contribution in [3.05, 3.63) is 385 Å². The van der Waals surface area contributed by atoms with Gasteiger partial charge in [0.05, 0.1) is 0 Å². The zero-order chi connectivity index (χ0) is 70.9. The Labute approximate surface area is 1290 Å². The fraction of sp³-hybridized carbons (Fsp3) is 0.259. The molecule has 0 saturated carbocycles. The van der Waals surface area contributed by atoms with Crippen LogP contribution in [0, 0.1) is 142 Å². The molecule has 8 aliphatic rings. The summed E-state index contributed by atoms with van der Waals surface area (Å²) in [6.45, 7) is 42.7. The molecule has 8 aliphatic carbocycles. The van der Waals surface area contributed by atoms with E-state index in [-0.39, 0.29) is 714 Å². The average molecular weight is 3200 g/mol. The normalized spacial score (nSPS) is 9.91. The monoisotopic (exact) mass is 3200 g/mol. The first-order valence-corrected chi connectivity index (χ1v) is 37.9. The van der Waals surface area contributed by atoms with Crippen molar-refractivity contribution in [1.29, 1.82) is 0 Å². The summed E-state index contributed by atoms with van der Waals surface area (Å²) < 4.78 is 0. The van der Waals surface area contributed by atoms with E-state index in [1.54, 1.807) is 22.3 Å². The molecule has 0 unspecified atom stereocenters. The molecule has 0 fully saturated rings. The molecule has 128 heavy (non-hydrogen) atoms. The van der Waals surface area contributed by atoms with Crippen LogP contribution in [0.15, 0.2) is 170 Å². The first-order valence-electron chi connectivity index (χ1n) is 37.9. The quantitative estimate of drug-likeness (QED) is 0.133. The summed E-state index contributed by atoms with van der Waals surface area (Å²) in [4.78, 5) is 0. The molecule has 12 aromatic rings. The molecule has 0 aliphatic heterocycles. The van der Waals surface area contributed by atoms with Crippen LogP contribution in [0.2, 0.25) is 0 Å². The second-order valence-corrected chi connectivity index (χ2v) is 28.9. The molecule has 0 atom stereocenters. The Morgan fingerprint density at radius 3 is 0.625 bits per heavy atom. The van der Waals surface area contributed by atoms with Gasteiger partial charge in [0.15, 0.2) is 0 Å². The minimum Gasteiger partial charge on any atom is -0.358 e. The number of aryl methyl sites for hydroxylation is 12. The Balaban J connectivity index is -0.0000000848. The first-order chi connectivity index (χ1) is 48.5. The van der Waals surface area contributed by atoms with E-state index in [0.29, 0.717) is 0 Å². The Morgan fingerprint density at radius 2 is 0.312 bits per heavy atom. The van der Waals surface area contributed by atoms with Gasteiger partial charge in [0.1, 0.15) is 0 Å². The molecular formula is C108H128Y20-8. The fourth-order valence-electron chi connectivity index (χ4n) is 18.1. The molecule has 0 saturated heterocycles. The molecule has 0 amide bonds. The summed E-state index contributed by atoms with van der Waals surface area (Å²) in [5, 5.41) is 0. The number of benzene rings is 12. The summed E-state index contributed by atoms with van der Waals surface area (Å²) in [5.41, 5.74) is 64.6. The van der Waals surface area contributed by atoms with E-state index in [1.807, 2.05) is 55.4 Å². The topological polar surface area (TPSA) is 0 Å². The molecule has 20 rings (SSSR count). The Bertz CT molecular complexity index is 5270. The van der Waals surface area contributed by atoms with Gasteiger partial charge >= 0.3 is 0 Å². The van der Waals surface area contributed by atoms with Crippen molar-refractivity contribution >= 4 is 0 Å². The van der Waals surface area contributed by atoms with Crippen LogP contribution >= 0.6 is 0 Å². The number of hydrogen-bond acceptors (Lipinski definition) is 0. The maximum Gasteiger partial charge on any atom is 0 e. The van der Waals surface area contributed by atoms with Crippen LogP contribution in [0.1, 0.15) is 211 Å². The third-order valence-electron chi connectivity index (χ3n) is 22.6. The van der Waals surface area contributed by atoms with E-state index < -0.39 is 0 Å². The largest absolute Gasteiger partial charge is 0.358 e. The molecule has 12 aromatic carbocycles. The molecule has 0 heterocycles. The van der Waals surface area contributed by atoms with Gasteiger partial charge in [-0.25, -0.2) is 0 Å². The molecule has 0 spiro atoms. The summed E-state index contributed by atoms with van der Waals surface area (Å²) in [6.07, 6.45) is 8.76. The Morgan fingerprint density at radius 1 is 0.133 bits per heavy atom. The Hall–Kier alpha value is 12.7. The van der Waals surface area contributed by atoms with Crippen molar-refractivity contribution < 1.29 is 654 Å². The van der Waals surface area contributed by atoms with Gasteiger partial charge in [0.2, 0.25) is 0 Å². The van der Waals surface area contributed by atoms with Crippen LogP contribution in [-0.4, -0.2) is 0 Å². The number of hydrogen-bond donors (Lipinski definition) is 0. The molecule has 20 radical (unpaired) electrons. The Kier molecular flexibility index (Phi) is 114. The van der Waals surface area contributed by atoms with Crippen molar-refractivity contribution in [3.8, 4) is 89.0 Å². The molecule has 628 valence electrons. The molecule has 0 aromatic heterocycles. The van der Waals surface area contributed by atoms with E-state index >= 15 is 0 Å². The second kappa shape index (κ2) is 82.3. The van der Waals surface area contributed by atoms with Gasteiger partial charge < -0.3 is 59.4 Å². The van der Waals surface area contributed by atoms with E-state index in [4.69, 9.17) is 0 Å². The number of rotatable bonds is 0. The van der Waals surface area contributed by atoms with Crippen LogP contribution in [0.4, 0.5) is 0 Å². The SMILES string of the molecule is CC.CC.CC.CC.Cc1cc(C)c2c(c1)-c1cc3c(cc1C2)-c1cccc(C)c1C3.Cc1cc(C)c2c(c1)-c1ccc3c(c1C2)Cc1c(C)cccc1-3.Cc1ccc2c(c1)-c1cc3c(cc1C2)-c1cc(C)cc(C)c1C3.Cc1ccc2c(c1)-c1ccc3c(c1C2)Cc1c(C)cc(C)cc1-3.[CH3-].[CH3-].[CH3-].[CH3-].[CH3-].[CH3-].[CH3-].[CH3-].[Y].[Y].[Y].[Y].[Y].[Y].[Y].[Y].[Y].[Y].[Y].[Y].[Y].[Y].[Y].[Y].[Y].[Y].[Y].[Y]. The number of fused-ring (bicyclic) bond motifs is 26. The maximum atomic E-state index is 2.47. The standard InChI is InChI=1S/4C23H20.4C2H6.8CH3.20Y/c1-13-4-5-16-9-17-11-22-18(12-21(17)20(16)7-13)10-19-15(3)6-14(2)8-23(19)22;1-13-4-5-16-11-22-17(20(16)9-13)6-7-18-21-10-14(2)8-15(3)19(21)12-23(18)22;1-13-7-15(3)20-10-17-11-21-16(12-22(17)23(20)8-13)9-19-14(2)5-4-6-18(19)21;1-13-9-15(3)20-12-23-18(21(20)10-13)8-7-17-16-6-4-5-14(2)19(16)11-22(17)23;4*1-2;;;;;;;;;;;;;;;;;;;;;;;;;;;;/h4-8,11-12H,9-10H2,1-3H3;4-10H,11-12H2,1-3H3;4-8,11-12H,9-10H2,1-3H3;4-10H,11-12H2,1-3H3;4*1-2H3;8*1H3;;;;;;;;;;;;;;;;;;;;/q;;;;;;;;8*-1;;;;;;;;;;;;;;;;;;;;. The molecule has 0 N–H and O–H groups in total. The van der Waals surface area contributed by atoms with Crippen LogP contribution < -0.4 is 0 Å². The van der Waals surface area contributed by atoms with Crippen LogP contribution in [0.3, 0.4) is 0 Å². The zero-order valence-corrected chi connectivity index (χ0v) is 140. The van der Waals surface area contributed by atoms with Crippen LogP contribution in [-0.2, 0) is 706 Å². The van der Waals surface area contributed by atoms with Gasteiger partial charge in [-0.2, -0.15) is 0 Å². The summed E-state index contributed by atoms with van der Waals surface area (Å²) in [6, 6.07) is 65.3. The minimum atomic E-state index is 0. The van der Waals surface area contributed by atoms with Gasteiger partial charge in [0.25, 0.3) is 0 Å². The molecule has 0 bridgehead atoms. The fourth-order valence-corrected chi connectivity index (χ4v) is 18.1. The summed E-state index contributed by atoms with van der Waals surface area (Å²) in [5.74, 6) is 0. The van der Waals surface area contributed by atoms with Crippen molar-refractivity contribution in [3.63, 3.8) is 0 Å². The summed E-state index contributed by atoms with van der Waals surface area (Å²) >= 11 is 0. The van der Waals surface area contributed by atoms with E-state index in [9.17, 15) is 0 Å². The predicted molar refractivity (Wildman–Crippen MR) is 485 cm³/mol. The minimum absolute atomic E-state index is 0. The van der Waals surface area contributed by atoms with E-state index in [0.717, 1.165) is 51.4 Å². The van der Waals surface area contributed by atoms with Crippen molar-refractivity contribution in [2.75, 3.05) is 0 Å². The van der Waals surface area contributed by atoms with Gasteiger partial charge in [-0.3, -0.25) is 0 Å². The third kappa shape index (κ3) is 38.7. The van der Waals surface area contributed by atoms with Gasteiger partial charge in [-0.1, -0.05) is 234 Å². The first kappa shape index (κ1) is 177.